The number of aliphatic hydroxyl groups excluding tert-OH is 1. The quantitative estimate of drug-likeness (QED) is 0.471. The number of aliphatic hydroxyl groups is 1. The molecular weight excluding hydrogens is 182 g/mol. The highest BCUT2D eigenvalue weighted by Crippen LogP contribution is 2.04. The van der Waals surface area contributed by atoms with Crippen LogP contribution in [-0.2, 0) is 9.53 Å². The molecule has 4 nitrogen and oxygen atoms in total. The highest BCUT2D eigenvalue weighted by molar-refractivity contribution is 5.74. The van der Waals surface area contributed by atoms with Crippen LogP contribution in [0.4, 0.5) is 0 Å². The van der Waals surface area contributed by atoms with Crippen LogP contribution in [0.1, 0.15) is 33.1 Å². The molecule has 0 spiro atoms. The molecule has 1 atom stereocenters. The van der Waals surface area contributed by atoms with Gasteiger partial charge in [-0.3, -0.25) is 0 Å². The third kappa shape index (κ3) is 6.86. The molecule has 0 heterocycles. The molecule has 0 rings (SSSR count). The summed E-state index contributed by atoms with van der Waals surface area (Å²) in [6.45, 7) is 4.91. The van der Waals surface area contributed by atoms with Gasteiger partial charge in [-0.05, 0) is 31.7 Å². The van der Waals surface area contributed by atoms with Gasteiger partial charge in [0, 0.05) is 0 Å². The molecule has 0 aliphatic rings. The Morgan fingerprint density at radius 3 is 2.57 bits per heavy atom. The van der Waals surface area contributed by atoms with Crippen molar-refractivity contribution in [1.29, 1.82) is 0 Å². The van der Waals surface area contributed by atoms with Gasteiger partial charge in [0.15, 0.2) is 6.10 Å². The van der Waals surface area contributed by atoms with Crippen molar-refractivity contribution in [2.75, 3.05) is 13.2 Å². The average molecular weight is 203 g/mol. The summed E-state index contributed by atoms with van der Waals surface area (Å²) >= 11 is 0. The lowest BCUT2D eigenvalue weighted by Gasteiger charge is -2.10. The molecule has 0 saturated carbocycles. The number of carbonyl (C=O) groups excluding carboxylic acids is 1. The second-order valence-corrected chi connectivity index (χ2v) is 3.80. The number of hydrogen-bond acceptors (Lipinski definition) is 4. The summed E-state index contributed by atoms with van der Waals surface area (Å²) < 4.78 is 4.86. The van der Waals surface area contributed by atoms with Crippen LogP contribution in [0.3, 0.4) is 0 Å². The monoisotopic (exact) mass is 203 g/mol. The van der Waals surface area contributed by atoms with Crippen molar-refractivity contribution in [2.45, 2.75) is 39.2 Å². The molecule has 4 heteroatoms. The van der Waals surface area contributed by atoms with E-state index in [0.29, 0.717) is 19.1 Å². The van der Waals surface area contributed by atoms with Gasteiger partial charge in [-0.2, -0.15) is 0 Å². The summed E-state index contributed by atoms with van der Waals surface area (Å²) in [5.41, 5.74) is 5.19. The summed E-state index contributed by atoms with van der Waals surface area (Å²) in [5, 5.41) is 9.17. The number of ether oxygens (including phenoxy) is 1. The van der Waals surface area contributed by atoms with Crippen molar-refractivity contribution in [2.24, 2.45) is 11.7 Å². The van der Waals surface area contributed by atoms with E-state index in [4.69, 9.17) is 10.5 Å². The molecule has 0 saturated heterocycles. The van der Waals surface area contributed by atoms with E-state index < -0.39 is 12.1 Å². The molecule has 0 bridgehead atoms. The molecule has 0 aliphatic carbocycles. The summed E-state index contributed by atoms with van der Waals surface area (Å²) in [6.07, 6.45) is 1.08. The summed E-state index contributed by atoms with van der Waals surface area (Å²) in [7, 11) is 0. The predicted octanol–water partition coefficient (Wildman–Crippen LogP) is 0.676. The van der Waals surface area contributed by atoms with Crippen LogP contribution in [0.2, 0.25) is 0 Å². The summed E-state index contributed by atoms with van der Waals surface area (Å²) in [5.74, 6) is 0.0573. The maximum absolute atomic E-state index is 11.0. The largest absolute Gasteiger partial charge is 0.464 e. The number of hydrogen-bond donors (Lipinski definition) is 2. The van der Waals surface area contributed by atoms with Gasteiger partial charge < -0.3 is 15.6 Å². The molecular formula is C10H21NO3. The minimum absolute atomic E-state index is 0.267. The van der Waals surface area contributed by atoms with Crippen LogP contribution < -0.4 is 5.73 Å². The van der Waals surface area contributed by atoms with E-state index in [-0.39, 0.29) is 6.42 Å². The van der Waals surface area contributed by atoms with Gasteiger partial charge in [0.2, 0.25) is 0 Å². The van der Waals surface area contributed by atoms with Crippen LogP contribution >= 0.6 is 0 Å². The zero-order valence-electron chi connectivity index (χ0n) is 9.03. The zero-order valence-corrected chi connectivity index (χ0v) is 9.03. The molecule has 0 fully saturated rings. The van der Waals surface area contributed by atoms with E-state index in [1.54, 1.807) is 0 Å². The van der Waals surface area contributed by atoms with E-state index in [1.165, 1.54) is 0 Å². The second-order valence-electron chi connectivity index (χ2n) is 3.80. The van der Waals surface area contributed by atoms with Crippen LogP contribution in [0.15, 0.2) is 0 Å². The fourth-order valence-corrected chi connectivity index (χ4v) is 1.04. The third-order valence-electron chi connectivity index (χ3n) is 1.88. The molecule has 0 aromatic rings. The highest BCUT2D eigenvalue weighted by atomic mass is 16.5. The Labute approximate surface area is 85.4 Å². The van der Waals surface area contributed by atoms with Crippen LogP contribution in [0, 0.1) is 5.92 Å². The van der Waals surface area contributed by atoms with Gasteiger partial charge in [0.25, 0.3) is 0 Å². The maximum atomic E-state index is 11.0. The number of nitrogens with two attached hydrogens (primary N) is 1. The van der Waals surface area contributed by atoms with Gasteiger partial charge in [-0.15, -0.1) is 0 Å². The van der Waals surface area contributed by atoms with Gasteiger partial charge in [0.1, 0.15) is 0 Å². The Bertz CT molecular complexity index is 159. The van der Waals surface area contributed by atoms with Crippen LogP contribution in [0.25, 0.3) is 0 Å². The number of esters is 1. The molecule has 14 heavy (non-hydrogen) atoms. The topological polar surface area (TPSA) is 72.5 Å². The van der Waals surface area contributed by atoms with Crippen molar-refractivity contribution < 1.29 is 14.6 Å². The van der Waals surface area contributed by atoms with Crippen LogP contribution in [0.5, 0.6) is 0 Å². The third-order valence-corrected chi connectivity index (χ3v) is 1.88. The minimum atomic E-state index is -1.06. The van der Waals surface area contributed by atoms with Gasteiger partial charge in [-0.25, -0.2) is 4.79 Å². The maximum Gasteiger partial charge on any atom is 0.335 e. The zero-order chi connectivity index (χ0) is 11.0. The standard InChI is InChI=1S/C10H21NO3/c1-8(2)4-3-7-14-10(13)9(12)5-6-11/h8-9,12H,3-7,11H2,1-2H3. The summed E-state index contributed by atoms with van der Waals surface area (Å²) in [4.78, 5) is 11.0. The molecule has 0 amide bonds. The molecule has 84 valence electrons. The van der Waals surface area contributed by atoms with Crippen molar-refractivity contribution >= 4 is 5.97 Å². The Hall–Kier alpha value is -0.610. The normalized spacial score (nSPS) is 12.9. The van der Waals surface area contributed by atoms with Crippen molar-refractivity contribution in [3.8, 4) is 0 Å². The Morgan fingerprint density at radius 2 is 2.07 bits per heavy atom. The first kappa shape index (κ1) is 13.4. The molecule has 1 unspecified atom stereocenters. The first-order valence-electron chi connectivity index (χ1n) is 5.12. The SMILES string of the molecule is CC(C)CCCOC(=O)C(O)CCN. The average Bonchev–Trinajstić information content (AvgIpc) is 2.12. The summed E-state index contributed by atoms with van der Waals surface area (Å²) in [6, 6.07) is 0. The fraction of sp³-hybridized carbons (Fsp3) is 0.900. The second kappa shape index (κ2) is 7.76. The Balaban J connectivity index is 3.44. The van der Waals surface area contributed by atoms with E-state index in [2.05, 4.69) is 13.8 Å². The van der Waals surface area contributed by atoms with E-state index >= 15 is 0 Å². The minimum Gasteiger partial charge on any atom is -0.464 e. The molecule has 0 radical (unpaired) electrons. The molecule has 0 aromatic heterocycles. The number of carbonyl (C=O) groups is 1. The van der Waals surface area contributed by atoms with E-state index in [9.17, 15) is 9.90 Å². The lowest BCUT2D eigenvalue weighted by Crippen LogP contribution is -2.26. The molecule has 0 aliphatic heterocycles. The first-order valence-corrected chi connectivity index (χ1v) is 5.12. The fourth-order valence-electron chi connectivity index (χ4n) is 1.04. The smallest absolute Gasteiger partial charge is 0.335 e. The van der Waals surface area contributed by atoms with Crippen molar-refractivity contribution in [3.63, 3.8) is 0 Å². The van der Waals surface area contributed by atoms with Gasteiger partial charge in [0.05, 0.1) is 6.61 Å². The Kier molecular flexibility index (Phi) is 7.42. The molecule has 3 N–H and O–H groups in total. The lowest BCUT2D eigenvalue weighted by molar-refractivity contribution is -0.153. The number of rotatable bonds is 7. The van der Waals surface area contributed by atoms with Crippen LogP contribution in [-0.4, -0.2) is 30.3 Å². The highest BCUT2D eigenvalue weighted by Gasteiger charge is 2.14. The predicted molar refractivity (Wildman–Crippen MR) is 54.7 cm³/mol. The Morgan fingerprint density at radius 1 is 1.43 bits per heavy atom. The van der Waals surface area contributed by atoms with E-state index in [0.717, 1.165) is 12.8 Å². The lowest BCUT2D eigenvalue weighted by atomic mass is 10.1. The van der Waals surface area contributed by atoms with Crippen molar-refractivity contribution in [3.05, 3.63) is 0 Å². The van der Waals surface area contributed by atoms with E-state index in [1.807, 2.05) is 0 Å². The van der Waals surface area contributed by atoms with Crippen molar-refractivity contribution in [1.82, 2.24) is 0 Å². The van der Waals surface area contributed by atoms with Gasteiger partial charge in [-0.1, -0.05) is 13.8 Å². The first-order chi connectivity index (χ1) is 6.57. The molecule has 0 aromatic carbocycles. The van der Waals surface area contributed by atoms with Gasteiger partial charge >= 0.3 is 5.97 Å².